The van der Waals surface area contributed by atoms with Crippen LogP contribution in [0.5, 0.6) is 0 Å². The smallest absolute Gasteiger partial charge is 0.338 e. The largest absolute Gasteiger partial charge is 0.457 e. The fourth-order valence-electron chi connectivity index (χ4n) is 4.25. The first-order chi connectivity index (χ1) is 17.0. The van der Waals surface area contributed by atoms with Crippen LogP contribution in [0.25, 0.3) is 17.4 Å². The molecule has 1 aromatic heterocycles. The minimum Gasteiger partial charge on any atom is -0.457 e. The van der Waals surface area contributed by atoms with Crippen LogP contribution in [-0.2, 0) is 27.4 Å². The van der Waals surface area contributed by atoms with Crippen LogP contribution in [0, 0.1) is 6.07 Å². The average Bonchev–Trinajstić information content (AvgIpc) is 3.49. The fourth-order valence-corrected chi connectivity index (χ4v) is 4.25. The fraction of sp³-hybridized carbons (Fsp3) is 0.143. The predicted molar refractivity (Wildman–Crippen MR) is 126 cm³/mol. The summed E-state index contributed by atoms with van der Waals surface area (Å²) in [4.78, 5) is 39.0. The maximum Gasteiger partial charge on any atom is 0.338 e. The number of furan rings is 1. The van der Waals surface area contributed by atoms with Gasteiger partial charge in [0.15, 0.2) is 5.57 Å². The van der Waals surface area contributed by atoms with Crippen molar-refractivity contribution in [3.05, 3.63) is 99.8 Å². The molecular formula is C28H21N2O5+. The molecular weight excluding hydrogens is 444 g/mol. The van der Waals surface area contributed by atoms with Crippen molar-refractivity contribution in [2.75, 3.05) is 6.54 Å². The summed E-state index contributed by atoms with van der Waals surface area (Å²) in [7, 11) is 0. The highest BCUT2D eigenvalue weighted by molar-refractivity contribution is 6.19. The summed E-state index contributed by atoms with van der Waals surface area (Å²) in [6.07, 6.45) is 2.09. The number of fused-ring (bicyclic) bond motifs is 1. The molecule has 0 radical (unpaired) electrons. The summed E-state index contributed by atoms with van der Waals surface area (Å²) in [5, 5.41) is 7.62. The summed E-state index contributed by atoms with van der Waals surface area (Å²) in [6, 6.07) is 20.6. The van der Waals surface area contributed by atoms with Crippen molar-refractivity contribution in [3.8, 4) is 17.4 Å². The third-order valence-corrected chi connectivity index (χ3v) is 6.19. The zero-order valence-electron chi connectivity index (χ0n) is 19.0. The van der Waals surface area contributed by atoms with Gasteiger partial charge in [-0.2, -0.15) is 0 Å². The van der Waals surface area contributed by atoms with Crippen molar-refractivity contribution in [1.82, 2.24) is 4.90 Å². The molecule has 1 N–H and O–H groups in total. The molecule has 0 aliphatic carbocycles. The van der Waals surface area contributed by atoms with Crippen LogP contribution in [0.15, 0.2) is 81.8 Å². The quantitative estimate of drug-likeness (QED) is 0.355. The van der Waals surface area contributed by atoms with Crippen molar-refractivity contribution >= 4 is 23.9 Å². The van der Waals surface area contributed by atoms with E-state index in [1.165, 1.54) is 0 Å². The molecule has 5 rings (SSSR count). The number of esters is 1. The number of ether oxygens (including phenoxy) is 1. The van der Waals surface area contributed by atoms with Gasteiger partial charge in [-0.3, -0.25) is 14.5 Å². The first-order valence-electron chi connectivity index (χ1n) is 11.1. The van der Waals surface area contributed by atoms with Crippen molar-refractivity contribution in [2.24, 2.45) is 0 Å². The average molecular weight is 465 g/mol. The Kier molecular flexibility index (Phi) is 5.63. The van der Waals surface area contributed by atoms with Gasteiger partial charge in [0.2, 0.25) is 0 Å². The second-order valence-electron chi connectivity index (χ2n) is 8.33. The number of benzene rings is 2. The summed E-state index contributed by atoms with van der Waals surface area (Å²) >= 11 is 0. The number of carbonyl (C=O) groups is 3. The van der Waals surface area contributed by atoms with E-state index in [1.54, 1.807) is 37.3 Å². The maximum absolute atomic E-state index is 13.3. The van der Waals surface area contributed by atoms with E-state index >= 15 is 0 Å². The molecule has 2 aliphatic heterocycles. The number of imide groups is 1. The second kappa shape index (κ2) is 8.92. The number of amides is 2. The second-order valence-corrected chi connectivity index (χ2v) is 8.33. The Morgan fingerprint density at radius 3 is 2.60 bits per heavy atom. The van der Waals surface area contributed by atoms with Crippen LogP contribution >= 0.6 is 0 Å². The third-order valence-electron chi connectivity index (χ3n) is 6.19. The van der Waals surface area contributed by atoms with E-state index in [1.807, 2.05) is 36.4 Å². The Labute approximate surface area is 201 Å². The van der Waals surface area contributed by atoms with E-state index in [2.05, 4.69) is 6.07 Å². The molecule has 35 heavy (non-hydrogen) atoms. The molecule has 2 amide bonds. The van der Waals surface area contributed by atoms with Crippen LogP contribution in [0.1, 0.15) is 34.2 Å². The summed E-state index contributed by atoms with van der Waals surface area (Å²) in [5.74, 6) is -0.296. The SMILES string of the molecule is CC1=C(C#[NH+])C(=O)N(CCc2ccccc2)C(=O)/C1=C/c1ccc(-c2ccc3c(c2)COC3=O)o1. The van der Waals surface area contributed by atoms with Gasteiger partial charge in [-0.15, -0.1) is 0 Å². The summed E-state index contributed by atoms with van der Waals surface area (Å²) in [5.41, 5.74) is 3.84. The number of cyclic esters (lactones) is 1. The number of hydrogen-bond acceptors (Lipinski definition) is 5. The minimum absolute atomic E-state index is 0.0546. The molecule has 0 unspecified atom stereocenters. The summed E-state index contributed by atoms with van der Waals surface area (Å²) in [6.45, 7) is 2.05. The van der Waals surface area contributed by atoms with Crippen LogP contribution in [0.3, 0.4) is 0 Å². The lowest BCUT2D eigenvalue weighted by atomic mass is 9.94. The van der Waals surface area contributed by atoms with Crippen LogP contribution in [0.4, 0.5) is 0 Å². The normalized spacial score (nSPS) is 16.5. The molecule has 3 aromatic rings. The van der Waals surface area contributed by atoms with Crippen molar-refractivity contribution in [3.63, 3.8) is 0 Å². The minimum atomic E-state index is -0.523. The van der Waals surface area contributed by atoms with Gasteiger partial charge in [0.05, 0.1) is 5.56 Å². The summed E-state index contributed by atoms with van der Waals surface area (Å²) < 4.78 is 11.0. The van der Waals surface area contributed by atoms with Gasteiger partial charge < -0.3 is 9.15 Å². The zero-order chi connectivity index (χ0) is 24.5. The zero-order valence-corrected chi connectivity index (χ0v) is 19.0. The molecule has 0 fully saturated rings. The van der Waals surface area contributed by atoms with E-state index < -0.39 is 11.8 Å². The van der Waals surface area contributed by atoms with Gasteiger partial charge in [-0.1, -0.05) is 41.7 Å². The standard InChI is InChI=1S/C28H20N2O5/c1-17-23(26(31)30(27(32)24(17)15-29)12-11-18-5-3-2-4-6-18)14-21-8-10-25(35-21)19-7-9-22-20(13-19)16-34-28(22)33/h2-10,13-14H,11-12,16H2,1H3/p+1/b23-14+. The van der Waals surface area contributed by atoms with Crippen molar-refractivity contribution in [1.29, 1.82) is 0 Å². The number of carbonyl (C=O) groups excluding carboxylic acids is 3. The molecule has 2 aliphatic rings. The van der Waals surface area contributed by atoms with Crippen LogP contribution in [0.2, 0.25) is 0 Å². The first kappa shape index (κ1) is 22.1. The van der Waals surface area contributed by atoms with E-state index in [-0.39, 0.29) is 30.3 Å². The molecule has 2 aromatic carbocycles. The number of rotatable bonds is 5. The lowest BCUT2D eigenvalue weighted by Crippen LogP contribution is -2.44. The van der Waals surface area contributed by atoms with E-state index in [0.717, 1.165) is 21.6 Å². The Morgan fingerprint density at radius 2 is 1.83 bits per heavy atom. The van der Waals surface area contributed by atoms with Crippen LogP contribution < -0.4 is 5.26 Å². The van der Waals surface area contributed by atoms with Gasteiger partial charge in [0, 0.05) is 23.2 Å². The lowest BCUT2D eigenvalue weighted by Gasteiger charge is -2.26. The molecule has 0 atom stereocenters. The van der Waals surface area contributed by atoms with Gasteiger partial charge in [0.25, 0.3) is 11.8 Å². The van der Waals surface area contributed by atoms with Gasteiger partial charge in [-0.05, 0) is 54.8 Å². The lowest BCUT2D eigenvalue weighted by molar-refractivity contribution is -0.140. The van der Waals surface area contributed by atoms with Gasteiger partial charge in [0.1, 0.15) is 18.1 Å². The number of nitrogens with one attached hydrogen (secondary N) is 1. The Bertz CT molecular complexity index is 1470. The van der Waals surface area contributed by atoms with E-state index in [9.17, 15) is 14.4 Å². The van der Waals surface area contributed by atoms with Crippen molar-refractivity contribution in [2.45, 2.75) is 20.0 Å². The molecule has 0 saturated carbocycles. The monoisotopic (exact) mass is 465 g/mol. The maximum atomic E-state index is 13.3. The Hall–Kier alpha value is -4.70. The molecule has 7 heteroatoms. The molecule has 0 saturated heterocycles. The van der Waals surface area contributed by atoms with E-state index in [4.69, 9.17) is 14.4 Å². The molecule has 3 heterocycles. The predicted octanol–water partition coefficient (Wildman–Crippen LogP) is 2.70. The van der Waals surface area contributed by atoms with Crippen LogP contribution in [-0.4, -0.2) is 29.2 Å². The number of hydrogen-bond donors (Lipinski definition) is 1. The highest BCUT2D eigenvalue weighted by atomic mass is 16.5. The Balaban J connectivity index is 1.44. The van der Waals surface area contributed by atoms with Crippen molar-refractivity contribution < 1.29 is 28.8 Å². The first-order valence-corrected chi connectivity index (χ1v) is 11.1. The third kappa shape index (κ3) is 4.06. The molecule has 7 nitrogen and oxygen atoms in total. The molecule has 0 bridgehead atoms. The molecule has 172 valence electrons. The highest BCUT2D eigenvalue weighted by Gasteiger charge is 2.36. The Morgan fingerprint density at radius 1 is 1.03 bits per heavy atom. The van der Waals surface area contributed by atoms with Gasteiger partial charge in [-0.25, -0.2) is 4.79 Å². The highest BCUT2D eigenvalue weighted by Crippen LogP contribution is 2.31. The van der Waals surface area contributed by atoms with E-state index in [0.29, 0.717) is 29.1 Å². The topological polar surface area (TPSA) is 101 Å². The van der Waals surface area contributed by atoms with Gasteiger partial charge >= 0.3 is 12.0 Å². The number of nitrogens with zero attached hydrogens (tertiary/aromatic N) is 1. The molecule has 0 spiro atoms.